The highest BCUT2D eigenvalue weighted by atomic mass is 79.9. The first-order valence-electron chi connectivity index (χ1n) is 6.76. The fraction of sp³-hybridized carbons (Fsp3) is 0.333. The Hall–Kier alpha value is -1.60. The summed E-state index contributed by atoms with van der Waals surface area (Å²) in [5.41, 5.74) is 1.11. The van der Waals surface area contributed by atoms with Gasteiger partial charge in [-0.05, 0) is 60.5 Å². The number of rotatable bonds is 5. The summed E-state index contributed by atoms with van der Waals surface area (Å²) in [6.07, 6.45) is 0. The van der Waals surface area contributed by atoms with Crippen LogP contribution in [0.25, 0.3) is 0 Å². The predicted molar refractivity (Wildman–Crippen MR) is 89.1 cm³/mol. The molecular weight excluding hydrogens is 368 g/mol. The highest BCUT2D eigenvalue weighted by Crippen LogP contribution is 2.25. The molecule has 5 nitrogen and oxygen atoms in total. The fourth-order valence-corrected chi connectivity index (χ4v) is 3.46. The first kappa shape index (κ1) is 16.8. The number of hydrogen-bond acceptors (Lipinski definition) is 4. The molecule has 0 saturated heterocycles. The van der Waals surface area contributed by atoms with Crippen LogP contribution >= 0.6 is 27.3 Å². The van der Waals surface area contributed by atoms with E-state index >= 15 is 0 Å². The van der Waals surface area contributed by atoms with Gasteiger partial charge >= 0.3 is 0 Å². The molecule has 2 rings (SSSR count). The van der Waals surface area contributed by atoms with E-state index in [-0.39, 0.29) is 24.3 Å². The molecule has 0 fully saturated rings. The average molecular weight is 385 g/mol. The molecule has 2 amide bonds. The Morgan fingerprint density at radius 1 is 1.36 bits per heavy atom. The molecule has 0 radical (unpaired) electrons. The van der Waals surface area contributed by atoms with Gasteiger partial charge in [0.15, 0.2) is 10.4 Å². The number of thiophene rings is 1. The van der Waals surface area contributed by atoms with Gasteiger partial charge in [0, 0.05) is 9.75 Å². The molecule has 2 N–H and O–H groups in total. The van der Waals surface area contributed by atoms with Crippen LogP contribution in [0, 0.1) is 13.8 Å². The summed E-state index contributed by atoms with van der Waals surface area (Å²) in [7, 11) is 0. The van der Waals surface area contributed by atoms with Crippen molar-refractivity contribution in [2.45, 2.75) is 26.8 Å². The molecule has 2 aromatic rings. The number of hydrogen-bond donors (Lipinski definition) is 2. The van der Waals surface area contributed by atoms with Gasteiger partial charge in [-0.2, -0.15) is 0 Å². The third-order valence-corrected chi connectivity index (χ3v) is 4.54. The van der Waals surface area contributed by atoms with Crippen molar-refractivity contribution >= 4 is 39.1 Å². The quantitative estimate of drug-likeness (QED) is 0.830. The highest BCUT2D eigenvalue weighted by molar-refractivity contribution is 9.10. The van der Waals surface area contributed by atoms with Crippen LogP contribution in [-0.2, 0) is 4.79 Å². The lowest BCUT2D eigenvalue weighted by Crippen LogP contribution is -2.37. The molecule has 0 spiro atoms. The van der Waals surface area contributed by atoms with Gasteiger partial charge in [-0.1, -0.05) is 0 Å². The van der Waals surface area contributed by atoms with Gasteiger partial charge in [-0.15, -0.1) is 11.3 Å². The smallest absolute Gasteiger partial charge is 0.287 e. The molecule has 7 heteroatoms. The van der Waals surface area contributed by atoms with Crippen molar-refractivity contribution in [2.24, 2.45) is 0 Å². The molecule has 0 aliphatic rings. The molecule has 0 aliphatic carbocycles. The lowest BCUT2D eigenvalue weighted by atomic mass is 10.1. The molecule has 0 aromatic carbocycles. The number of carbonyl (C=O) groups is 2. The third kappa shape index (κ3) is 4.20. The monoisotopic (exact) mass is 384 g/mol. The van der Waals surface area contributed by atoms with Gasteiger partial charge in [0.2, 0.25) is 5.91 Å². The van der Waals surface area contributed by atoms with Gasteiger partial charge in [-0.3, -0.25) is 9.59 Å². The summed E-state index contributed by atoms with van der Waals surface area (Å²) in [6.45, 7) is 5.91. The molecule has 1 atom stereocenters. The lowest BCUT2D eigenvalue weighted by Gasteiger charge is -2.14. The van der Waals surface area contributed by atoms with Crippen molar-refractivity contribution in [1.82, 2.24) is 10.6 Å². The molecule has 22 heavy (non-hydrogen) atoms. The SMILES string of the molecule is Cc1cc([C@H](C)NC(=O)CNC(=O)c2ccc(Br)o2)c(C)s1. The molecule has 2 heterocycles. The minimum absolute atomic E-state index is 0.0906. The Labute approximate surface area is 141 Å². The fourth-order valence-electron chi connectivity index (χ4n) is 2.13. The van der Waals surface area contributed by atoms with Crippen molar-refractivity contribution in [3.63, 3.8) is 0 Å². The topological polar surface area (TPSA) is 71.3 Å². The van der Waals surface area contributed by atoms with E-state index in [2.05, 4.69) is 32.6 Å². The Bertz CT molecular complexity index is 693. The Morgan fingerprint density at radius 3 is 2.64 bits per heavy atom. The van der Waals surface area contributed by atoms with Crippen LogP contribution in [0.2, 0.25) is 0 Å². The standard InChI is InChI=1S/C15H17BrN2O3S/c1-8-6-11(10(3)22-8)9(2)18-14(19)7-17-15(20)12-4-5-13(16)21-12/h4-6,9H,7H2,1-3H3,(H,17,20)(H,18,19)/t9-/m0/s1. The van der Waals surface area contributed by atoms with Crippen LogP contribution in [0.4, 0.5) is 0 Å². The number of halogens is 1. The maximum atomic E-state index is 11.9. The summed E-state index contributed by atoms with van der Waals surface area (Å²) >= 11 is 4.83. The molecule has 0 bridgehead atoms. The zero-order chi connectivity index (χ0) is 16.3. The van der Waals surface area contributed by atoms with Gasteiger partial charge in [0.25, 0.3) is 5.91 Å². The Kier molecular flexibility index (Phi) is 5.42. The van der Waals surface area contributed by atoms with Crippen molar-refractivity contribution in [3.8, 4) is 0 Å². The third-order valence-electron chi connectivity index (χ3n) is 3.13. The summed E-state index contributed by atoms with van der Waals surface area (Å²) in [5.74, 6) is -0.497. The lowest BCUT2D eigenvalue weighted by molar-refractivity contribution is -0.120. The second kappa shape index (κ2) is 7.11. The van der Waals surface area contributed by atoms with E-state index in [1.165, 1.54) is 15.8 Å². The van der Waals surface area contributed by atoms with Gasteiger partial charge in [-0.25, -0.2) is 0 Å². The van der Waals surface area contributed by atoms with E-state index < -0.39 is 5.91 Å². The van der Waals surface area contributed by atoms with Crippen LogP contribution in [0.5, 0.6) is 0 Å². The van der Waals surface area contributed by atoms with Crippen molar-refractivity contribution in [1.29, 1.82) is 0 Å². The van der Waals surface area contributed by atoms with Gasteiger partial charge in [0.1, 0.15) is 0 Å². The molecule has 118 valence electrons. The predicted octanol–water partition coefficient (Wildman–Crippen LogP) is 3.33. The summed E-state index contributed by atoms with van der Waals surface area (Å²) in [4.78, 5) is 26.1. The normalized spacial score (nSPS) is 12.0. The first-order valence-corrected chi connectivity index (χ1v) is 8.37. The summed E-state index contributed by atoms with van der Waals surface area (Å²) < 4.78 is 5.59. The number of furan rings is 1. The van der Waals surface area contributed by atoms with E-state index in [0.29, 0.717) is 4.67 Å². The second-order valence-corrected chi connectivity index (χ2v) is 7.19. The summed E-state index contributed by atoms with van der Waals surface area (Å²) in [6, 6.07) is 5.15. The molecule has 0 saturated carbocycles. The second-order valence-electron chi connectivity index (χ2n) is 4.94. The van der Waals surface area contributed by atoms with E-state index in [1.807, 2.05) is 20.8 Å². The minimum atomic E-state index is -0.420. The zero-order valence-corrected chi connectivity index (χ0v) is 14.9. The largest absolute Gasteiger partial charge is 0.444 e. The molecule has 0 aliphatic heterocycles. The molecule has 2 aromatic heterocycles. The maximum Gasteiger partial charge on any atom is 0.287 e. The van der Waals surface area contributed by atoms with E-state index in [1.54, 1.807) is 17.4 Å². The minimum Gasteiger partial charge on any atom is -0.444 e. The zero-order valence-electron chi connectivity index (χ0n) is 12.5. The highest BCUT2D eigenvalue weighted by Gasteiger charge is 2.15. The maximum absolute atomic E-state index is 11.9. The Balaban J connectivity index is 1.85. The van der Waals surface area contributed by atoms with E-state index in [4.69, 9.17) is 4.42 Å². The van der Waals surface area contributed by atoms with Crippen LogP contribution in [-0.4, -0.2) is 18.4 Å². The van der Waals surface area contributed by atoms with Crippen molar-refractivity contribution in [3.05, 3.63) is 43.9 Å². The van der Waals surface area contributed by atoms with E-state index in [0.717, 1.165) is 5.56 Å². The Morgan fingerprint density at radius 2 is 2.09 bits per heavy atom. The first-order chi connectivity index (χ1) is 10.4. The van der Waals surface area contributed by atoms with Crippen molar-refractivity contribution in [2.75, 3.05) is 6.54 Å². The van der Waals surface area contributed by atoms with Gasteiger partial charge < -0.3 is 15.1 Å². The van der Waals surface area contributed by atoms with Crippen molar-refractivity contribution < 1.29 is 14.0 Å². The molecular formula is C15H17BrN2O3S. The van der Waals surface area contributed by atoms with E-state index in [9.17, 15) is 9.59 Å². The van der Waals surface area contributed by atoms with Crippen LogP contribution in [0.1, 0.15) is 38.8 Å². The number of nitrogens with one attached hydrogen (secondary N) is 2. The van der Waals surface area contributed by atoms with Crippen LogP contribution < -0.4 is 10.6 Å². The number of amides is 2. The average Bonchev–Trinajstić information content (AvgIpc) is 3.01. The molecule has 0 unspecified atom stereocenters. The van der Waals surface area contributed by atoms with Crippen LogP contribution in [0.15, 0.2) is 27.3 Å². The number of carbonyl (C=O) groups excluding carboxylic acids is 2. The number of aryl methyl sites for hydroxylation is 2. The van der Waals surface area contributed by atoms with Gasteiger partial charge in [0.05, 0.1) is 12.6 Å². The van der Waals surface area contributed by atoms with Crippen LogP contribution in [0.3, 0.4) is 0 Å². The summed E-state index contributed by atoms with van der Waals surface area (Å²) in [5, 5.41) is 5.40.